The third-order valence-corrected chi connectivity index (χ3v) is 7.72. The van der Waals surface area contributed by atoms with Gasteiger partial charge in [-0.25, -0.2) is 19.6 Å². The second-order valence-electron chi connectivity index (χ2n) is 9.93. The van der Waals surface area contributed by atoms with E-state index in [0.717, 1.165) is 41.8 Å². The smallest absolute Gasteiger partial charge is 0.326 e. The highest BCUT2D eigenvalue weighted by Crippen LogP contribution is 2.28. The van der Waals surface area contributed by atoms with E-state index in [4.69, 9.17) is 4.74 Å². The number of anilines is 2. The Morgan fingerprint density at radius 1 is 1.03 bits per heavy atom. The van der Waals surface area contributed by atoms with Crippen LogP contribution < -0.4 is 20.6 Å². The molecular weight excluding hydrogens is 498 g/mol. The number of ketones is 1. The largest absolute Gasteiger partial charge is 0.497 e. The number of fused-ring (bicyclic) bond motifs is 2. The Hall–Kier alpha value is -4.67. The minimum atomic E-state index is -0.238. The van der Waals surface area contributed by atoms with Crippen LogP contribution in [0, 0.1) is 0 Å². The van der Waals surface area contributed by atoms with Gasteiger partial charge in [-0.3, -0.25) is 9.36 Å². The van der Waals surface area contributed by atoms with Crippen LogP contribution in [0.15, 0.2) is 53.6 Å². The lowest BCUT2D eigenvalue weighted by Gasteiger charge is -2.38. The first-order valence-electron chi connectivity index (χ1n) is 13.0. The van der Waals surface area contributed by atoms with Gasteiger partial charge in [0.2, 0.25) is 5.78 Å². The van der Waals surface area contributed by atoms with E-state index < -0.39 is 0 Å². The van der Waals surface area contributed by atoms with Gasteiger partial charge in [0.15, 0.2) is 0 Å². The van der Waals surface area contributed by atoms with Gasteiger partial charge in [0, 0.05) is 50.0 Å². The average molecular weight is 528 g/mol. The summed E-state index contributed by atoms with van der Waals surface area (Å²) in [5, 5.41) is 3.05. The number of aromatic amines is 1. The third-order valence-electron chi connectivity index (χ3n) is 7.72. The Morgan fingerprint density at radius 3 is 2.64 bits per heavy atom. The number of rotatable bonds is 5. The average Bonchev–Trinajstić information content (AvgIpc) is 3.14. The molecule has 4 heterocycles. The molecule has 2 N–H and O–H groups in total. The number of H-pyrrole nitrogens is 1. The highest BCUT2D eigenvalue weighted by atomic mass is 16.5. The fourth-order valence-electron chi connectivity index (χ4n) is 5.48. The SMILES string of the molecule is COc1ccc2c(c1)CCN(C1CCN(c3cc(C(=O)c4ccc5c(c4)[nH]c(=O)n5C)ncn3)CC1)C(=O)N2. The maximum atomic E-state index is 13.2. The van der Waals surface area contributed by atoms with Gasteiger partial charge in [-0.05, 0) is 61.2 Å². The highest BCUT2D eigenvalue weighted by Gasteiger charge is 2.31. The van der Waals surface area contributed by atoms with E-state index in [1.807, 2.05) is 23.1 Å². The van der Waals surface area contributed by atoms with Crippen LogP contribution in [0.3, 0.4) is 0 Å². The van der Waals surface area contributed by atoms with Gasteiger partial charge >= 0.3 is 11.7 Å². The van der Waals surface area contributed by atoms with Crippen molar-refractivity contribution in [3.63, 3.8) is 0 Å². The van der Waals surface area contributed by atoms with Crippen molar-refractivity contribution in [3.8, 4) is 5.75 Å². The summed E-state index contributed by atoms with van der Waals surface area (Å²) in [6, 6.07) is 12.6. The number of nitrogens with zero attached hydrogens (tertiary/aromatic N) is 5. The number of hydrogen-bond donors (Lipinski definition) is 2. The quantitative estimate of drug-likeness (QED) is 0.382. The number of methoxy groups -OCH3 is 1. The fourth-order valence-corrected chi connectivity index (χ4v) is 5.48. The summed E-state index contributed by atoms with van der Waals surface area (Å²) in [6.07, 6.45) is 3.74. The van der Waals surface area contributed by atoms with Gasteiger partial charge in [0.25, 0.3) is 0 Å². The summed E-state index contributed by atoms with van der Waals surface area (Å²) in [5.41, 5.74) is 3.73. The van der Waals surface area contributed by atoms with Crippen molar-refractivity contribution in [2.75, 3.05) is 37.0 Å². The lowest BCUT2D eigenvalue weighted by Crippen LogP contribution is -2.49. The zero-order valence-corrected chi connectivity index (χ0v) is 21.8. The molecule has 11 nitrogen and oxygen atoms in total. The Labute approximate surface area is 224 Å². The minimum Gasteiger partial charge on any atom is -0.497 e. The molecule has 0 saturated carbocycles. The minimum absolute atomic E-state index is 0.0796. The summed E-state index contributed by atoms with van der Waals surface area (Å²) in [7, 11) is 3.32. The Kier molecular flexibility index (Phi) is 6.26. The maximum Gasteiger partial charge on any atom is 0.326 e. The number of imidazole rings is 1. The first-order chi connectivity index (χ1) is 18.9. The van der Waals surface area contributed by atoms with E-state index in [9.17, 15) is 14.4 Å². The molecule has 2 aromatic heterocycles. The molecule has 0 unspecified atom stereocenters. The molecule has 2 amide bonds. The van der Waals surface area contributed by atoms with Crippen molar-refractivity contribution in [1.82, 2.24) is 24.4 Å². The molecule has 2 aliphatic heterocycles. The molecule has 0 radical (unpaired) electrons. The molecule has 11 heteroatoms. The molecule has 1 fully saturated rings. The lowest BCUT2D eigenvalue weighted by atomic mass is 10.0. The number of urea groups is 1. The second-order valence-corrected chi connectivity index (χ2v) is 9.93. The number of piperidine rings is 1. The molecular formula is C28H29N7O4. The number of amides is 2. The number of carbonyl (C=O) groups excluding carboxylic acids is 2. The zero-order chi connectivity index (χ0) is 27.1. The van der Waals surface area contributed by atoms with Crippen LogP contribution in [-0.2, 0) is 13.5 Å². The number of hydrogen-bond acceptors (Lipinski definition) is 7. The van der Waals surface area contributed by atoms with Gasteiger partial charge < -0.3 is 24.8 Å². The third kappa shape index (κ3) is 4.60. The molecule has 0 spiro atoms. The molecule has 39 heavy (non-hydrogen) atoms. The molecule has 4 aromatic rings. The summed E-state index contributed by atoms with van der Waals surface area (Å²) >= 11 is 0. The molecule has 0 atom stereocenters. The van der Waals surface area contributed by atoms with Crippen molar-refractivity contribution < 1.29 is 14.3 Å². The number of carbonyl (C=O) groups is 2. The molecule has 2 aliphatic rings. The topological polar surface area (TPSA) is 125 Å². The Bertz CT molecular complexity index is 1630. The van der Waals surface area contributed by atoms with Crippen LogP contribution in [0.1, 0.15) is 34.5 Å². The van der Waals surface area contributed by atoms with Gasteiger partial charge in [-0.1, -0.05) is 0 Å². The van der Waals surface area contributed by atoms with Gasteiger partial charge in [0.05, 0.1) is 18.1 Å². The maximum absolute atomic E-state index is 13.2. The van der Waals surface area contributed by atoms with Crippen LogP contribution in [0.25, 0.3) is 11.0 Å². The zero-order valence-electron chi connectivity index (χ0n) is 21.8. The number of aryl methyl sites for hydroxylation is 1. The summed E-state index contributed by atoms with van der Waals surface area (Å²) in [4.78, 5) is 53.6. The van der Waals surface area contributed by atoms with E-state index >= 15 is 0 Å². The number of ether oxygens (including phenoxy) is 1. The lowest BCUT2D eigenvalue weighted by molar-refractivity contribution is 0.103. The monoisotopic (exact) mass is 527 g/mol. The van der Waals surface area contributed by atoms with Gasteiger partial charge in [-0.2, -0.15) is 0 Å². The predicted octanol–water partition coefficient (Wildman–Crippen LogP) is 2.96. The molecule has 2 aromatic carbocycles. The number of nitrogens with one attached hydrogen (secondary N) is 2. The second kappa shape index (κ2) is 9.90. The van der Waals surface area contributed by atoms with E-state index in [1.165, 1.54) is 10.9 Å². The Morgan fingerprint density at radius 2 is 1.85 bits per heavy atom. The van der Waals surface area contributed by atoms with E-state index in [2.05, 4.69) is 25.2 Å². The molecule has 0 aliphatic carbocycles. The molecule has 6 rings (SSSR count). The molecule has 200 valence electrons. The Balaban J connectivity index is 1.13. The summed E-state index contributed by atoms with van der Waals surface area (Å²) in [6.45, 7) is 2.05. The fraction of sp³-hybridized carbons (Fsp3) is 0.321. The van der Waals surface area contributed by atoms with E-state index in [0.29, 0.717) is 42.2 Å². The van der Waals surface area contributed by atoms with Crippen LogP contribution in [0.2, 0.25) is 0 Å². The summed E-state index contributed by atoms with van der Waals surface area (Å²) in [5.74, 6) is 1.22. The predicted molar refractivity (Wildman–Crippen MR) is 147 cm³/mol. The van der Waals surface area contributed by atoms with E-state index in [-0.39, 0.29) is 23.5 Å². The number of aromatic nitrogens is 4. The molecule has 1 saturated heterocycles. The van der Waals surface area contributed by atoms with Crippen molar-refractivity contribution in [2.24, 2.45) is 7.05 Å². The van der Waals surface area contributed by atoms with Crippen molar-refractivity contribution in [1.29, 1.82) is 0 Å². The van der Waals surface area contributed by atoms with Crippen LogP contribution in [0.4, 0.5) is 16.3 Å². The number of benzene rings is 2. The standard InChI is InChI=1S/C28H29N7O4/c1-33-24-6-3-18(14-22(24)32-27(33)37)26(36)23-15-25(30-16-29-23)34-10-8-19(9-11-34)35-12-7-17-13-20(39-2)4-5-21(17)31-28(35)38/h3-6,13-16,19H,7-12H2,1-2H3,(H,31,38)(H,32,37). The first-order valence-corrected chi connectivity index (χ1v) is 13.0. The van der Waals surface area contributed by atoms with Crippen molar-refractivity contribution >= 4 is 34.4 Å². The van der Waals surface area contributed by atoms with Crippen LogP contribution in [0.5, 0.6) is 5.75 Å². The first kappa shape index (κ1) is 24.7. The van der Waals surface area contributed by atoms with Crippen molar-refractivity contribution in [2.45, 2.75) is 25.3 Å². The highest BCUT2D eigenvalue weighted by molar-refractivity contribution is 6.09. The van der Waals surface area contributed by atoms with Crippen LogP contribution in [-0.4, -0.2) is 69.0 Å². The van der Waals surface area contributed by atoms with Crippen molar-refractivity contribution in [3.05, 3.63) is 76.1 Å². The normalized spacial score (nSPS) is 16.1. The van der Waals surface area contributed by atoms with E-state index in [1.54, 1.807) is 38.4 Å². The van der Waals surface area contributed by atoms with Gasteiger partial charge in [-0.15, -0.1) is 0 Å². The summed E-state index contributed by atoms with van der Waals surface area (Å²) < 4.78 is 6.84. The van der Waals surface area contributed by atoms with Gasteiger partial charge in [0.1, 0.15) is 23.6 Å². The molecule has 0 bridgehead atoms. The van der Waals surface area contributed by atoms with Crippen LogP contribution >= 0.6 is 0 Å².